The van der Waals surface area contributed by atoms with Crippen LogP contribution in [0.1, 0.15) is 13.8 Å². The summed E-state index contributed by atoms with van der Waals surface area (Å²) in [7, 11) is 0. The topological polar surface area (TPSA) is 39.1 Å². The maximum atomic E-state index is 8.61. The van der Waals surface area contributed by atoms with Crippen LogP contribution < -0.4 is 5.32 Å². The zero-order valence-electron chi connectivity index (χ0n) is 8.12. The van der Waals surface area contributed by atoms with Crippen molar-refractivity contribution in [1.82, 2.24) is 10.2 Å². The van der Waals surface area contributed by atoms with Gasteiger partial charge in [0.2, 0.25) is 0 Å². The van der Waals surface area contributed by atoms with E-state index in [1.165, 1.54) is 0 Å². The first-order valence-corrected chi connectivity index (χ1v) is 4.60. The van der Waals surface area contributed by atoms with E-state index in [-0.39, 0.29) is 6.17 Å². The van der Waals surface area contributed by atoms with E-state index >= 15 is 0 Å². The molecule has 1 unspecified atom stereocenters. The predicted molar refractivity (Wildman–Crippen MR) is 52.7 cm³/mol. The molecule has 0 bridgehead atoms. The van der Waals surface area contributed by atoms with Gasteiger partial charge < -0.3 is 5.32 Å². The summed E-state index contributed by atoms with van der Waals surface area (Å²) < 4.78 is 0. The standard InChI is InChI=1S/C10H15N3/c1-3-13(4-2)10-6-5-9(7-11)8-12-10/h5-6,8,10,12H,3-4H2,1-2H3. The lowest BCUT2D eigenvalue weighted by Gasteiger charge is -2.28. The Hall–Kier alpha value is -1.27. The van der Waals surface area contributed by atoms with E-state index in [0.29, 0.717) is 5.57 Å². The number of nitrogens with one attached hydrogen (secondary N) is 1. The van der Waals surface area contributed by atoms with Crippen molar-refractivity contribution in [3.63, 3.8) is 0 Å². The van der Waals surface area contributed by atoms with Crippen molar-refractivity contribution >= 4 is 0 Å². The Balaban J connectivity index is 2.57. The highest BCUT2D eigenvalue weighted by Crippen LogP contribution is 2.06. The summed E-state index contributed by atoms with van der Waals surface area (Å²) in [6, 6.07) is 2.09. The first kappa shape index (κ1) is 9.82. The van der Waals surface area contributed by atoms with Crippen molar-refractivity contribution in [2.75, 3.05) is 13.1 Å². The normalized spacial score (nSPS) is 20.8. The van der Waals surface area contributed by atoms with Crippen molar-refractivity contribution in [3.05, 3.63) is 23.9 Å². The number of dihydropyridines is 1. The van der Waals surface area contributed by atoms with E-state index in [1.807, 2.05) is 12.2 Å². The third-order valence-corrected chi connectivity index (χ3v) is 2.20. The van der Waals surface area contributed by atoms with Crippen LogP contribution in [0.3, 0.4) is 0 Å². The molecule has 13 heavy (non-hydrogen) atoms. The summed E-state index contributed by atoms with van der Waals surface area (Å²) in [5.74, 6) is 0. The van der Waals surface area contributed by atoms with Gasteiger partial charge in [0.05, 0.1) is 11.7 Å². The Kier molecular flexibility index (Phi) is 3.53. The van der Waals surface area contributed by atoms with E-state index < -0.39 is 0 Å². The summed E-state index contributed by atoms with van der Waals surface area (Å²) in [5, 5.41) is 11.8. The van der Waals surface area contributed by atoms with Gasteiger partial charge in [0, 0.05) is 6.20 Å². The summed E-state index contributed by atoms with van der Waals surface area (Å²) in [4.78, 5) is 2.28. The van der Waals surface area contributed by atoms with Crippen LogP contribution in [0.25, 0.3) is 0 Å². The SMILES string of the molecule is CCN(CC)C1C=CC(C#N)=CN1. The summed E-state index contributed by atoms with van der Waals surface area (Å²) >= 11 is 0. The van der Waals surface area contributed by atoms with Gasteiger partial charge in [-0.3, -0.25) is 4.90 Å². The lowest BCUT2D eigenvalue weighted by Crippen LogP contribution is -2.43. The zero-order valence-corrected chi connectivity index (χ0v) is 8.12. The average Bonchev–Trinajstić information content (AvgIpc) is 2.21. The van der Waals surface area contributed by atoms with E-state index in [9.17, 15) is 0 Å². The molecule has 70 valence electrons. The highest BCUT2D eigenvalue weighted by Gasteiger charge is 2.12. The van der Waals surface area contributed by atoms with Crippen LogP contribution in [-0.2, 0) is 0 Å². The molecule has 0 spiro atoms. The second-order valence-electron chi connectivity index (χ2n) is 2.90. The molecule has 0 aromatic carbocycles. The number of allylic oxidation sites excluding steroid dienone is 2. The number of nitriles is 1. The quantitative estimate of drug-likeness (QED) is 0.704. The Morgan fingerprint density at radius 3 is 2.62 bits per heavy atom. The fraction of sp³-hybridized carbons (Fsp3) is 0.500. The van der Waals surface area contributed by atoms with Gasteiger partial charge in [0.25, 0.3) is 0 Å². The molecule has 0 amide bonds. The number of hydrogen-bond acceptors (Lipinski definition) is 3. The number of nitrogens with zero attached hydrogens (tertiary/aromatic N) is 2. The van der Waals surface area contributed by atoms with E-state index in [0.717, 1.165) is 13.1 Å². The third kappa shape index (κ3) is 2.33. The molecule has 1 aliphatic heterocycles. The summed E-state index contributed by atoms with van der Waals surface area (Å²) in [5.41, 5.74) is 0.684. The molecule has 0 aliphatic carbocycles. The molecule has 0 radical (unpaired) electrons. The zero-order chi connectivity index (χ0) is 9.68. The van der Waals surface area contributed by atoms with Gasteiger partial charge in [-0.1, -0.05) is 13.8 Å². The fourth-order valence-corrected chi connectivity index (χ4v) is 1.39. The van der Waals surface area contributed by atoms with Crippen molar-refractivity contribution < 1.29 is 0 Å². The van der Waals surface area contributed by atoms with Gasteiger partial charge in [-0.05, 0) is 25.2 Å². The second-order valence-corrected chi connectivity index (χ2v) is 2.90. The molecular formula is C10H15N3. The third-order valence-electron chi connectivity index (χ3n) is 2.20. The highest BCUT2D eigenvalue weighted by molar-refractivity contribution is 5.35. The molecule has 1 heterocycles. The minimum atomic E-state index is 0.243. The number of likely N-dealkylation sites (N-methyl/N-ethyl adjacent to an activating group) is 1. The molecular weight excluding hydrogens is 162 g/mol. The van der Waals surface area contributed by atoms with Crippen LogP contribution in [-0.4, -0.2) is 24.2 Å². The Morgan fingerprint density at radius 2 is 2.23 bits per heavy atom. The molecule has 3 heteroatoms. The molecule has 1 N–H and O–H groups in total. The Bertz CT molecular complexity index is 256. The molecule has 1 aliphatic rings. The van der Waals surface area contributed by atoms with Gasteiger partial charge in [0.1, 0.15) is 6.07 Å². The van der Waals surface area contributed by atoms with Crippen molar-refractivity contribution in [2.24, 2.45) is 0 Å². The molecule has 0 saturated heterocycles. The molecule has 1 rings (SSSR count). The predicted octanol–water partition coefficient (Wildman–Crippen LogP) is 1.22. The molecule has 1 atom stereocenters. The van der Waals surface area contributed by atoms with Gasteiger partial charge in [0.15, 0.2) is 0 Å². The van der Waals surface area contributed by atoms with Crippen LogP contribution in [0.2, 0.25) is 0 Å². The van der Waals surface area contributed by atoms with E-state index in [2.05, 4.69) is 30.1 Å². The maximum absolute atomic E-state index is 8.61. The Morgan fingerprint density at radius 1 is 1.54 bits per heavy atom. The van der Waals surface area contributed by atoms with Gasteiger partial charge in [-0.15, -0.1) is 0 Å². The van der Waals surface area contributed by atoms with Crippen LogP contribution in [0, 0.1) is 11.3 Å². The largest absolute Gasteiger partial charge is 0.371 e. The first-order valence-electron chi connectivity index (χ1n) is 4.60. The van der Waals surface area contributed by atoms with Crippen LogP contribution in [0.5, 0.6) is 0 Å². The van der Waals surface area contributed by atoms with Crippen molar-refractivity contribution in [2.45, 2.75) is 20.0 Å². The first-order chi connectivity index (χ1) is 6.31. The highest BCUT2D eigenvalue weighted by atomic mass is 15.3. The summed E-state index contributed by atoms with van der Waals surface area (Å²) in [6.07, 6.45) is 5.89. The average molecular weight is 177 g/mol. The molecule has 0 fully saturated rings. The van der Waals surface area contributed by atoms with Crippen molar-refractivity contribution in [3.8, 4) is 6.07 Å². The smallest absolute Gasteiger partial charge is 0.101 e. The minimum Gasteiger partial charge on any atom is -0.371 e. The van der Waals surface area contributed by atoms with Crippen LogP contribution in [0.4, 0.5) is 0 Å². The van der Waals surface area contributed by atoms with Crippen LogP contribution in [0.15, 0.2) is 23.9 Å². The van der Waals surface area contributed by atoms with Crippen LogP contribution >= 0.6 is 0 Å². The second kappa shape index (κ2) is 4.68. The lowest BCUT2D eigenvalue weighted by atomic mass is 10.2. The van der Waals surface area contributed by atoms with Gasteiger partial charge in [-0.25, -0.2) is 0 Å². The van der Waals surface area contributed by atoms with Gasteiger partial charge in [-0.2, -0.15) is 5.26 Å². The summed E-state index contributed by atoms with van der Waals surface area (Å²) in [6.45, 7) is 6.27. The lowest BCUT2D eigenvalue weighted by molar-refractivity contribution is 0.234. The Labute approximate surface area is 79.3 Å². The number of hydrogen-bond donors (Lipinski definition) is 1. The van der Waals surface area contributed by atoms with Crippen molar-refractivity contribution in [1.29, 1.82) is 5.26 Å². The number of rotatable bonds is 3. The van der Waals surface area contributed by atoms with Gasteiger partial charge >= 0.3 is 0 Å². The maximum Gasteiger partial charge on any atom is 0.101 e. The molecule has 0 saturated carbocycles. The molecule has 0 aromatic rings. The minimum absolute atomic E-state index is 0.243. The fourth-order valence-electron chi connectivity index (χ4n) is 1.39. The molecule has 0 aromatic heterocycles. The van der Waals surface area contributed by atoms with E-state index in [4.69, 9.17) is 5.26 Å². The van der Waals surface area contributed by atoms with E-state index in [1.54, 1.807) is 6.20 Å². The molecule has 3 nitrogen and oxygen atoms in total. The monoisotopic (exact) mass is 177 g/mol.